The molecule has 0 bridgehead atoms. The van der Waals surface area contributed by atoms with Crippen molar-refractivity contribution in [1.82, 2.24) is 14.6 Å². The zero-order valence-corrected chi connectivity index (χ0v) is 12.5. The van der Waals surface area contributed by atoms with Crippen molar-refractivity contribution in [1.29, 1.82) is 0 Å². The van der Waals surface area contributed by atoms with E-state index in [1.807, 2.05) is 6.92 Å². The molecule has 1 aliphatic heterocycles. The lowest BCUT2D eigenvalue weighted by Crippen LogP contribution is -2.58. The molecule has 7 heteroatoms. The van der Waals surface area contributed by atoms with Gasteiger partial charge in [0.05, 0.1) is 6.04 Å². The zero-order chi connectivity index (χ0) is 13.2. The molecule has 1 fully saturated rings. The van der Waals surface area contributed by atoms with Crippen molar-refractivity contribution in [3.8, 4) is 0 Å². The molecule has 1 saturated heterocycles. The number of pyridine rings is 1. The van der Waals surface area contributed by atoms with Gasteiger partial charge in [-0.15, -0.1) is 0 Å². The first-order valence-corrected chi connectivity index (χ1v) is 8.12. The Morgan fingerprint density at radius 2 is 2.22 bits per heavy atom. The van der Waals surface area contributed by atoms with Crippen LogP contribution >= 0.6 is 15.9 Å². The van der Waals surface area contributed by atoms with E-state index in [2.05, 4.69) is 26.2 Å². The van der Waals surface area contributed by atoms with Crippen LogP contribution in [0.4, 0.5) is 0 Å². The van der Waals surface area contributed by atoms with Crippen LogP contribution in [0.2, 0.25) is 0 Å². The van der Waals surface area contributed by atoms with E-state index >= 15 is 0 Å². The lowest BCUT2D eigenvalue weighted by molar-refractivity contribution is 0.242. The normalized spacial score (nSPS) is 16.8. The Bertz CT molecular complexity index is 517. The van der Waals surface area contributed by atoms with Crippen LogP contribution < -0.4 is 5.32 Å². The molecular weight excluding hydrogens is 318 g/mol. The van der Waals surface area contributed by atoms with Crippen molar-refractivity contribution in [3.05, 3.63) is 22.9 Å². The minimum absolute atomic E-state index is 0.0638. The molecule has 0 aromatic carbocycles. The Morgan fingerprint density at radius 1 is 1.50 bits per heavy atom. The van der Waals surface area contributed by atoms with Crippen molar-refractivity contribution in [2.75, 3.05) is 19.6 Å². The van der Waals surface area contributed by atoms with Crippen LogP contribution in [-0.4, -0.2) is 43.4 Å². The van der Waals surface area contributed by atoms with E-state index in [1.165, 1.54) is 6.20 Å². The van der Waals surface area contributed by atoms with E-state index in [1.54, 1.807) is 16.6 Å². The summed E-state index contributed by atoms with van der Waals surface area (Å²) in [5.41, 5.74) is 0. The Hall–Kier alpha value is -0.500. The average molecular weight is 334 g/mol. The van der Waals surface area contributed by atoms with E-state index in [-0.39, 0.29) is 10.9 Å². The van der Waals surface area contributed by atoms with E-state index in [0.29, 0.717) is 11.0 Å². The van der Waals surface area contributed by atoms with Crippen molar-refractivity contribution in [3.63, 3.8) is 0 Å². The number of halogens is 1. The molecular formula is C11H16BrN3O2S. The number of aromatic nitrogens is 1. The van der Waals surface area contributed by atoms with Crippen LogP contribution in [0, 0.1) is 0 Å². The predicted octanol–water partition coefficient (Wildman–Crippen LogP) is 1.22. The molecule has 5 nitrogen and oxygen atoms in total. The minimum Gasteiger partial charge on any atom is -0.313 e. The molecule has 0 radical (unpaired) electrons. The van der Waals surface area contributed by atoms with E-state index in [0.717, 1.165) is 19.5 Å². The standard InChI is InChI=1S/C11H16BrN3O2S/c1-2-3-15(10-6-14-7-10)18(16,17)11-4-9(12)5-13-8-11/h4-5,8,10,14H,2-3,6-7H2,1H3. The second-order valence-electron chi connectivity index (χ2n) is 4.27. The molecule has 0 aliphatic carbocycles. The van der Waals surface area contributed by atoms with Gasteiger partial charge in [-0.25, -0.2) is 8.42 Å². The third-order valence-electron chi connectivity index (χ3n) is 2.90. The minimum atomic E-state index is -3.44. The smallest absolute Gasteiger partial charge is 0.244 e. The van der Waals surface area contributed by atoms with Gasteiger partial charge in [0.1, 0.15) is 4.90 Å². The molecule has 1 aromatic heterocycles. The van der Waals surface area contributed by atoms with Crippen molar-refractivity contribution in [2.45, 2.75) is 24.3 Å². The van der Waals surface area contributed by atoms with Gasteiger partial charge in [0.25, 0.3) is 0 Å². The van der Waals surface area contributed by atoms with Crippen molar-refractivity contribution < 1.29 is 8.42 Å². The fourth-order valence-corrected chi connectivity index (χ4v) is 4.09. The highest BCUT2D eigenvalue weighted by atomic mass is 79.9. The third-order valence-corrected chi connectivity index (χ3v) is 5.25. The summed E-state index contributed by atoms with van der Waals surface area (Å²) in [6.07, 6.45) is 3.78. The summed E-state index contributed by atoms with van der Waals surface area (Å²) in [4.78, 5) is 4.18. The number of nitrogens with zero attached hydrogens (tertiary/aromatic N) is 2. The SMILES string of the molecule is CCCN(C1CNC1)S(=O)(=O)c1cncc(Br)c1. The first kappa shape index (κ1) is 13.9. The molecule has 0 amide bonds. The first-order valence-electron chi connectivity index (χ1n) is 5.89. The topological polar surface area (TPSA) is 62.3 Å². The summed E-state index contributed by atoms with van der Waals surface area (Å²) in [5, 5.41) is 3.10. The van der Waals surface area contributed by atoms with Crippen LogP contribution in [0.25, 0.3) is 0 Å². The quantitative estimate of drug-likeness (QED) is 0.879. The van der Waals surface area contributed by atoms with Gasteiger partial charge in [0.2, 0.25) is 10.0 Å². The van der Waals surface area contributed by atoms with Gasteiger partial charge in [-0.05, 0) is 28.4 Å². The number of hydrogen-bond donors (Lipinski definition) is 1. The summed E-state index contributed by atoms with van der Waals surface area (Å²) >= 11 is 3.25. The summed E-state index contributed by atoms with van der Waals surface area (Å²) in [7, 11) is -3.44. The van der Waals surface area contributed by atoms with Gasteiger partial charge >= 0.3 is 0 Å². The van der Waals surface area contributed by atoms with Crippen LogP contribution in [-0.2, 0) is 10.0 Å². The third kappa shape index (κ3) is 2.74. The van der Waals surface area contributed by atoms with Crippen LogP contribution in [0.3, 0.4) is 0 Å². The van der Waals surface area contributed by atoms with Crippen LogP contribution in [0.5, 0.6) is 0 Å². The van der Waals surface area contributed by atoms with Crippen LogP contribution in [0.15, 0.2) is 27.8 Å². The average Bonchev–Trinajstić information content (AvgIpc) is 2.26. The van der Waals surface area contributed by atoms with E-state index in [4.69, 9.17) is 0 Å². The Labute approximate surface area is 116 Å². The maximum absolute atomic E-state index is 12.5. The molecule has 0 saturated carbocycles. The molecule has 1 N–H and O–H groups in total. The summed E-state index contributed by atoms with van der Waals surface area (Å²) < 4.78 is 27.3. The van der Waals surface area contributed by atoms with Gasteiger partial charge in [0.15, 0.2) is 0 Å². The largest absolute Gasteiger partial charge is 0.313 e. The lowest BCUT2D eigenvalue weighted by atomic mass is 10.2. The Morgan fingerprint density at radius 3 is 2.72 bits per heavy atom. The molecule has 1 aromatic rings. The summed E-state index contributed by atoms with van der Waals surface area (Å²) in [6, 6.07) is 1.66. The Balaban J connectivity index is 2.32. The molecule has 0 atom stereocenters. The van der Waals surface area contributed by atoms with Gasteiger partial charge in [-0.2, -0.15) is 4.31 Å². The molecule has 0 spiro atoms. The first-order chi connectivity index (χ1) is 8.55. The Kier molecular flexibility index (Phi) is 4.37. The number of nitrogens with one attached hydrogen (secondary N) is 1. The molecule has 18 heavy (non-hydrogen) atoms. The highest BCUT2D eigenvalue weighted by Crippen LogP contribution is 2.22. The highest BCUT2D eigenvalue weighted by molar-refractivity contribution is 9.10. The fraction of sp³-hybridized carbons (Fsp3) is 0.545. The maximum atomic E-state index is 12.5. The second-order valence-corrected chi connectivity index (χ2v) is 7.07. The maximum Gasteiger partial charge on any atom is 0.244 e. The van der Waals surface area contributed by atoms with Crippen molar-refractivity contribution >= 4 is 26.0 Å². The number of sulfonamides is 1. The summed E-state index contributed by atoms with van der Waals surface area (Å²) in [6.45, 7) is 3.97. The van der Waals surface area contributed by atoms with Gasteiger partial charge < -0.3 is 5.32 Å². The van der Waals surface area contributed by atoms with E-state index in [9.17, 15) is 8.42 Å². The monoisotopic (exact) mass is 333 g/mol. The lowest BCUT2D eigenvalue weighted by Gasteiger charge is -2.37. The van der Waals surface area contributed by atoms with Crippen LogP contribution in [0.1, 0.15) is 13.3 Å². The molecule has 0 unspecified atom stereocenters. The molecule has 2 rings (SSSR count). The number of hydrogen-bond acceptors (Lipinski definition) is 4. The summed E-state index contributed by atoms with van der Waals surface area (Å²) in [5.74, 6) is 0. The molecule has 1 aliphatic rings. The second kappa shape index (κ2) is 5.64. The zero-order valence-electron chi connectivity index (χ0n) is 10.1. The molecule has 100 valence electrons. The van der Waals surface area contributed by atoms with Gasteiger partial charge in [-0.3, -0.25) is 4.98 Å². The van der Waals surface area contributed by atoms with Gasteiger partial charge in [0, 0.05) is 36.5 Å². The predicted molar refractivity (Wildman–Crippen MR) is 72.8 cm³/mol. The van der Waals surface area contributed by atoms with Gasteiger partial charge in [-0.1, -0.05) is 6.92 Å². The van der Waals surface area contributed by atoms with E-state index < -0.39 is 10.0 Å². The number of rotatable bonds is 5. The van der Waals surface area contributed by atoms with Crippen molar-refractivity contribution in [2.24, 2.45) is 0 Å². The highest BCUT2D eigenvalue weighted by Gasteiger charge is 2.34. The molecule has 2 heterocycles. The fourth-order valence-electron chi connectivity index (χ4n) is 1.87.